The second-order valence-corrected chi connectivity index (χ2v) is 4.85. The van der Waals surface area contributed by atoms with Crippen molar-refractivity contribution in [1.82, 2.24) is 0 Å². The van der Waals surface area contributed by atoms with Gasteiger partial charge in [-0.1, -0.05) is 32.1 Å². The Morgan fingerprint density at radius 1 is 0.619 bits per heavy atom. The van der Waals surface area contributed by atoms with E-state index in [1.807, 2.05) is 0 Å². The molecule has 1 aliphatic carbocycles. The molecule has 0 heterocycles. The summed E-state index contributed by atoms with van der Waals surface area (Å²) in [6, 6.07) is 0. The zero-order valence-electron chi connectivity index (χ0n) is 11.5. The third-order valence-electron chi connectivity index (χ3n) is 3.16. The molecule has 0 aromatic rings. The van der Waals surface area contributed by atoms with Crippen LogP contribution in [0.4, 0.5) is 0 Å². The number of carbonyl (C=O) groups is 4. The second-order valence-electron chi connectivity index (χ2n) is 4.85. The fourth-order valence-electron chi connectivity index (χ4n) is 2.06. The van der Waals surface area contributed by atoms with Gasteiger partial charge < -0.3 is 20.4 Å². The minimum absolute atomic E-state index is 0.931. The van der Waals surface area contributed by atoms with Gasteiger partial charge in [-0.2, -0.15) is 0 Å². The van der Waals surface area contributed by atoms with Crippen molar-refractivity contribution in [2.75, 3.05) is 0 Å². The summed E-state index contributed by atoms with van der Waals surface area (Å²) in [5, 5.41) is 34.1. The lowest BCUT2D eigenvalue weighted by Gasteiger charge is -2.16. The van der Waals surface area contributed by atoms with E-state index in [0.29, 0.717) is 0 Å². The fourth-order valence-corrected chi connectivity index (χ4v) is 2.06. The molecule has 0 bridgehead atoms. The smallest absolute Gasteiger partial charge is 0.307 e. The third-order valence-corrected chi connectivity index (χ3v) is 3.16. The summed E-state index contributed by atoms with van der Waals surface area (Å²) in [5.74, 6) is -9.79. The topological polar surface area (TPSA) is 149 Å². The summed E-state index contributed by atoms with van der Waals surface area (Å²) < 4.78 is 0. The zero-order valence-corrected chi connectivity index (χ0v) is 11.5. The van der Waals surface area contributed by atoms with E-state index in [1.165, 1.54) is 32.1 Å². The minimum atomic E-state index is -1.76. The van der Waals surface area contributed by atoms with Crippen LogP contribution in [0.5, 0.6) is 0 Å². The van der Waals surface area contributed by atoms with Gasteiger partial charge in [0.2, 0.25) is 0 Å². The molecule has 1 aliphatic rings. The highest BCUT2D eigenvalue weighted by molar-refractivity contribution is 5.86. The quantitative estimate of drug-likeness (QED) is 0.549. The van der Waals surface area contributed by atoms with Crippen LogP contribution in [-0.2, 0) is 19.2 Å². The van der Waals surface area contributed by atoms with Gasteiger partial charge in [0.05, 0.1) is 24.7 Å². The summed E-state index contributed by atoms with van der Waals surface area (Å²) in [7, 11) is 0. The molecule has 0 saturated heterocycles. The maximum Gasteiger partial charge on any atom is 0.307 e. The number of aliphatic carboxylic acids is 4. The van der Waals surface area contributed by atoms with E-state index in [9.17, 15) is 19.2 Å². The Hall–Kier alpha value is -2.12. The molecule has 21 heavy (non-hydrogen) atoms. The molecule has 0 aromatic carbocycles. The van der Waals surface area contributed by atoms with Gasteiger partial charge >= 0.3 is 23.9 Å². The Labute approximate surface area is 121 Å². The van der Waals surface area contributed by atoms with Crippen LogP contribution in [0.15, 0.2) is 0 Å². The molecule has 0 radical (unpaired) electrons. The van der Waals surface area contributed by atoms with Gasteiger partial charge in [0.25, 0.3) is 0 Å². The molecular weight excluding hydrogens is 284 g/mol. The van der Waals surface area contributed by atoms with E-state index in [4.69, 9.17) is 20.4 Å². The van der Waals surface area contributed by atoms with Crippen molar-refractivity contribution in [3.8, 4) is 0 Å². The number of carboxylic acids is 4. The van der Waals surface area contributed by atoms with E-state index in [0.717, 1.165) is 0 Å². The molecule has 8 nitrogen and oxygen atoms in total. The Morgan fingerprint density at radius 3 is 1.00 bits per heavy atom. The van der Waals surface area contributed by atoms with Crippen LogP contribution < -0.4 is 0 Å². The van der Waals surface area contributed by atoms with E-state index in [-0.39, 0.29) is 0 Å². The van der Waals surface area contributed by atoms with E-state index in [2.05, 4.69) is 0 Å². The summed E-state index contributed by atoms with van der Waals surface area (Å²) >= 11 is 0. The van der Waals surface area contributed by atoms with Crippen molar-refractivity contribution in [3.05, 3.63) is 0 Å². The molecule has 2 unspecified atom stereocenters. The largest absolute Gasteiger partial charge is 0.481 e. The first kappa shape index (κ1) is 18.9. The standard InChI is InChI=1S/C8H10O8.C5H10/c9-5(10)1-3(7(13)14)4(8(15)16)2-6(11)12;1-2-4-5-3-1/h3-4H,1-2H2,(H,9,10)(H,11,12)(H,13,14)(H,15,16);1-5H2. The van der Waals surface area contributed by atoms with Crippen LogP contribution in [0, 0.1) is 11.8 Å². The van der Waals surface area contributed by atoms with Crippen LogP contribution in [0.1, 0.15) is 44.9 Å². The lowest BCUT2D eigenvalue weighted by Crippen LogP contribution is -2.33. The number of hydrogen-bond donors (Lipinski definition) is 4. The van der Waals surface area contributed by atoms with Gasteiger partial charge in [-0.05, 0) is 0 Å². The number of carboxylic acid groups (broad SMARTS) is 4. The summed E-state index contributed by atoms with van der Waals surface area (Å²) in [5.41, 5.74) is 0. The predicted octanol–water partition coefficient (Wildman–Crippen LogP) is 1.29. The van der Waals surface area contributed by atoms with Gasteiger partial charge in [0.1, 0.15) is 0 Å². The number of hydrogen-bond acceptors (Lipinski definition) is 4. The highest BCUT2D eigenvalue weighted by atomic mass is 16.4. The predicted molar refractivity (Wildman–Crippen MR) is 69.8 cm³/mol. The SMILES string of the molecule is C1CCCC1.O=C(O)CC(C(=O)O)C(CC(=O)O)C(=O)O. The normalized spacial score (nSPS) is 16.2. The van der Waals surface area contributed by atoms with Crippen molar-refractivity contribution in [2.45, 2.75) is 44.9 Å². The van der Waals surface area contributed by atoms with Gasteiger partial charge in [0, 0.05) is 0 Å². The van der Waals surface area contributed by atoms with Crippen molar-refractivity contribution in [2.24, 2.45) is 11.8 Å². The molecule has 120 valence electrons. The van der Waals surface area contributed by atoms with Crippen LogP contribution in [0.2, 0.25) is 0 Å². The van der Waals surface area contributed by atoms with E-state index in [1.54, 1.807) is 0 Å². The van der Waals surface area contributed by atoms with Gasteiger partial charge in [-0.3, -0.25) is 19.2 Å². The molecule has 0 aromatic heterocycles. The first-order valence-corrected chi connectivity index (χ1v) is 6.65. The molecule has 1 fully saturated rings. The Morgan fingerprint density at radius 2 is 0.857 bits per heavy atom. The van der Waals surface area contributed by atoms with Crippen LogP contribution in [-0.4, -0.2) is 44.3 Å². The molecule has 2 atom stereocenters. The summed E-state index contributed by atoms with van der Waals surface area (Å²) in [6.07, 6.45) is 5.64. The monoisotopic (exact) mass is 304 g/mol. The molecule has 1 rings (SSSR count). The Kier molecular flexibility index (Phi) is 8.75. The van der Waals surface area contributed by atoms with Crippen molar-refractivity contribution in [3.63, 3.8) is 0 Å². The van der Waals surface area contributed by atoms with Crippen molar-refractivity contribution >= 4 is 23.9 Å². The molecule has 1 saturated carbocycles. The summed E-state index contributed by atoms with van der Waals surface area (Å²) in [6.45, 7) is 0. The lowest BCUT2D eigenvalue weighted by atomic mass is 9.87. The van der Waals surface area contributed by atoms with Crippen LogP contribution in [0.3, 0.4) is 0 Å². The second kappa shape index (κ2) is 9.73. The average Bonchev–Trinajstić information content (AvgIpc) is 2.91. The van der Waals surface area contributed by atoms with E-state index >= 15 is 0 Å². The highest BCUT2D eigenvalue weighted by Crippen LogP contribution is 2.21. The maximum atomic E-state index is 10.6. The maximum absolute atomic E-state index is 10.6. The molecular formula is C13H20O8. The average molecular weight is 304 g/mol. The van der Waals surface area contributed by atoms with Gasteiger partial charge in [0.15, 0.2) is 0 Å². The summed E-state index contributed by atoms with van der Waals surface area (Å²) in [4.78, 5) is 41.9. The van der Waals surface area contributed by atoms with Crippen LogP contribution >= 0.6 is 0 Å². The van der Waals surface area contributed by atoms with Gasteiger partial charge in [-0.25, -0.2) is 0 Å². The zero-order chi connectivity index (χ0) is 16.4. The first-order valence-electron chi connectivity index (χ1n) is 6.65. The Balaban J connectivity index is 0.000000662. The van der Waals surface area contributed by atoms with Crippen LogP contribution in [0.25, 0.3) is 0 Å². The van der Waals surface area contributed by atoms with Crippen molar-refractivity contribution in [1.29, 1.82) is 0 Å². The molecule has 0 aliphatic heterocycles. The Bertz CT molecular complexity index is 346. The van der Waals surface area contributed by atoms with Gasteiger partial charge in [-0.15, -0.1) is 0 Å². The highest BCUT2D eigenvalue weighted by Gasteiger charge is 2.36. The molecule has 8 heteroatoms. The van der Waals surface area contributed by atoms with E-state index < -0.39 is 48.6 Å². The minimum Gasteiger partial charge on any atom is -0.481 e. The number of rotatable bonds is 7. The van der Waals surface area contributed by atoms with Crippen molar-refractivity contribution < 1.29 is 39.6 Å². The molecule has 0 amide bonds. The third kappa shape index (κ3) is 8.61. The molecule has 0 spiro atoms. The lowest BCUT2D eigenvalue weighted by molar-refractivity contribution is -0.160. The first-order chi connectivity index (χ1) is 9.75. The fraction of sp³-hybridized carbons (Fsp3) is 0.692. The molecule has 4 N–H and O–H groups in total.